The molecule has 2 aliphatic heterocycles. The third-order valence-electron chi connectivity index (χ3n) is 4.40. The molecule has 1 aromatic carbocycles. The molecule has 0 radical (unpaired) electrons. The van der Waals surface area contributed by atoms with E-state index in [-0.39, 0.29) is 11.8 Å². The van der Waals surface area contributed by atoms with Crippen molar-refractivity contribution >= 4 is 29.3 Å². The van der Waals surface area contributed by atoms with E-state index in [1.165, 1.54) is 0 Å². The van der Waals surface area contributed by atoms with E-state index in [1.807, 2.05) is 24.0 Å². The van der Waals surface area contributed by atoms with E-state index < -0.39 is 0 Å². The SMILES string of the molecule is Cc1ccc(C(=O)N2CCN(C)CC2)cc1NC(=O)C1=CSCCO1. The molecule has 0 aromatic heterocycles. The van der Waals surface area contributed by atoms with Gasteiger partial charge in [-0.3, -0.25) is 9.59 Å². The second-order valence-electron chi connectivity index (χ2n) is 6.28. The highest BCUT2D eigenvalue weighted by Gasteiger charge is 2.21. The van der Waals surface area contributed by atoms with Crippen LogP contribution in [0.4, 0.5) is 5.69 Å². The first kappa shape index (κ1) is 17.8. The van der Waals surface area contributed by atoms with Crippen LogP contribution in [0, 0.1) is 6.92 Å². The van der Waals surface area contributed by atoms with Crippen LogP contribution in [-0.2, 0) is 9.53 Å². The van der Waals surface area contributed by atoms with Gasteiger partial charge in [-0.15, -0.1) is 11.8 Å². The Kier molecular flexibility index (Phi) is 5.65. The van der Waals surface area contributed by atoms with Crippen molar-refractivity contribution in [3.05, 3.63) is 40.5 Å². The van der Waals surface area contributed by atoms with Gasteiger partial charge in [0.15, 0.2) is 5.76 Å². The van der Waals surface area contributed by atoms with Gasteiger partial charge in [-0.1, -0.05) is 6.07 Å². The van der Waals surface area contributed by atoms with Crippen LogP contribution in [-0.4, -0.2) is 67.2 Å². The fourth-order valence-corrected chi connectivity index (χ4v) is 3.38. The number of aryl methyl sites for hydroxylation is 1. The monoisotopic (exact) mass is 361 g/mol. The van der Waals surface area contributed by atoms with Crippen LogP contribution in [0.1, 0.15) is 15.9 Å². The lowest BCUT2D eigenvalue weighted by molar-refractivity contribution is -0.116. The van der Waals surface area contributed by atoms with Gasteiger partial charge in [0.1, 0.15) is 0 Å². The van der Waals surface area contributed by atoms with E-state index in [9.17, 15) is 9.59 Å². The van der Waals surface area contributed by atoms with Crippen LogP contribution in [0.5, 0.6) is 0 Å². The molecule has 0 bridgehead atoms. The number of nitrogens with zero attached hydrogens (tertiary/aromatic N) is 2. The lowest BCUT2D eigenvalue weighted by Gasteiger charge is -2.32. The topological polar surface area (TPSA) is 61.9 Å². The largest absolute Gasteiger partial charge is 0.487 e. The molecule has 0 aliphatic carbocycles. The number of nitrogens with one attached hydrogen (secondary N) is 1. The minimum Gasteiger partial charge on any atom is -0.487 e. The molecule has 2 heterocycles. The average Bonchev–Trinajstić information content (AvgIpc) is 2.64. The maximum absolute atomic E-state index is 12.7. The van der Waals surface area contributed by atoms with Gasteiger partial charge in [0.2, 0.25) is 0 Å². The summed E-state index contributed by atoms with van der Waals surface area (Å²) in [6.07, 6.45) is 0. The molecule has 1 N–H and O–H groups in total. The zero-order valence-electron chi connectivity index (χ0n) is 14.6. The molecule has 3 rings (SSSR count). The number of ether oxygens (including phenoxy) is 1. The van der Waals surface area contributed by atoms with Crippen molar-refractivity contribution in [1.82, 2.24) is 9.80 Å². The lowest BCUT2D eigenvalue weighted by atomic mass is 10.1. The number of amides is 2. The number of benzene rings is 1. The van der Waals surface area contributed by atoms with E-state index in [1.54, 1.807) is 23.2 Å². The van der Waals surface area contributed by atoms with Gasteiger partial charge in [-0.2, -0.15) is 0 Å². The molecule has 0 spiro atoms. The summed E-state index contributed by atoms with van der Waals surface area (Å²) in [6, 6.07) is 5.44. The standard InChI is InChI=1S/C18H23N3O3S/c1-13-3-4-14(18(23)21-7-5-20(2)6-8-21)11-15(13)19-17(22)16-12-25-10-9-24-16/h3-4,11-12H,5-10H2,1-2H3,(H,19,22). The molecule has 1 saturated heterocycles. The molecule has 6 nitrogen and oxygen atoms in total. The van der Waals surface area contributed by atoms with Crippen molar-refractivity contribution < 1.29 is 14.3 Å². The van der Waals surface area contributed by atoms with Crippen LogP contribution >= 0.6 is 11.8 Å². The van der Waals surface area contributed by atoms with Gasteiger partial charge in [-0.25, -0.2) is 0 Å². The summed E-state index contributed by atoms with van der Waals surface area (Å²) < 4.78 is 5.38. The van der Waals surface area contributed by atoms with Crippen molar-refractivity contribution in [2.75, 3.05) is 50.9 Å². The zero-order chi connectivity index (χ0) is 17.8. The number of likely N-dealkylation sites (N-methyl/N-ethyl adjacent to an activating group) is 1. The summed E-state index contributed by atoms with van der Waals surface area (Å²) in [5, 5.41) is 4.59. The molecule has 7 heteroatoms. The van der Waals surface area contributed by atoms with E-state index in [0.29, 0.717) is 23.6 Å². The van der Waals surface area contributed by atoms with Crippen molar-refractivity contribution in [3.63, 3.8) is 0 Å². The Hall–Kier alpha value is -1.99. The number of hydrogen-bond donors (Lipinski definition) is 1. The Bertz CT molecular complexity index is 697. The fraction of sp³-hybridized carbons (Fsp3) is 0.444. The minimum atomic E-state index is -0.278. The molecule has 134 valence electrons. The summed E-state index contributed by atoms with van der Waals surface area (Å²) in [5.74, 6) is 0.906. The molecule has 2 amide bonds. The van der Waals surface area contributed by atoms with Crippen molar-refractivity contribution in [3.8, 4) is 0 Å². The zero-order valence-corrected chi connectivity index (χ0v) is 15.4. The molecular formula is C18H23N3O3S. The molecule has 0 atom stereocenters. The molecule has 0 unspecified atom stereocenters. The van der Waals surface area contributed by atoms with Crippen LogP contribution < -0.4 is 5.32 Å². The number of thioether (sulfide) groups is 1. The van der Waals surface area contributed by atoms with Crippen molar-refractivity contribution in [1.29, 1.82) is 0 Å². The summed E-state index contributed by atoms with van der Waals surface area (Å²) in [4.78, 5) is 29.1. The number of carbonyl (C=O) groups excluding carboxylic acids is 2. The van der Waals surface area contributed by atoms with E-state index in [0.717, 1.165) is 37.5 Å². The van der Waals surface area contributed by atoms with Gasteiger partial charge < -0.3 is 19.9 Å². The van der Waals surface area contributed by atoms with E-state index in [2.05, 4.69) is 17.3 Å². The van der Waals surface area contributed by atoms with Gasteiger partial charge in [-0.05, 0) is 31.7 Å². The quantitative estimate of drug-likeness (QED) is 0.891. The second-order valence-corrected chi connectivity index (χ2v) is 7.26. The number of hydrogen-bond acceptors (Lipinski definition) is 5. The Morgan fingerprint density at radius 2 is 1.96 bits per heavy atom. The Morgan fingerprint density at radius 3 is 2.64 bits per heavy atom. The summed E-state index contributed by atoms with van der Waals surface area (Å²) in [6.45, 7) is 5.65. The number of piperazine rings is 1. The normalized spacial score (nSPS) is 18.3. The van der Waals surface area contributed by atoms with Gasteiger partial charge in [0.05, 0.1) is 6.61 Å². The average molecular weight is 361 g/mol. The van der Waals surface area contributed by atoms with Crippen LogP contribution in [0.25, 0.3) is 0 Å². The Balaban J connectivity index is 1.72. The molecule has 1 fully saturated rings. The number of anilines is 1. The Labute approximate surface area is 152 Å². The first-order chi connectivity index (χ1) is 12.0. The van der Waals surface area contributed by atoms with Crippen LogP contribution in [0.15, 0.2) is 29.4 Å². The highest BCUT2D eigenvalue weighted by atomic mass is 32.2. The maximum atomic E-state index is 12.7. The number of rotatable bonds is 3. The molecule has 0 saturated carbocycles. The van der Waals surface area contributed by atoms with Crippen molar-refractivity contribution in [2.45, 2.75) is 6.92 Å². The summed E-state index contributed by atoms with van der Waals surface area (Å²) in [7, 11) is 2.06. The molecular weight excluding hydrogens is 338 g/mol. The minimum absolute atomic E-state index is 0.00675. The third kappa shape index (κ3) is 4.35. The van der Waals surface area contributed by atoms with Crippen molar-refractivity contribution in [2.24, 2.45) is 0 Å². The number of carbonyl (C=O) groups is 2. The molecule has 25 heavy (non-hydrogen) atoms. The molecule has 2 aliphatic rings. The summed E-state index contributed by atoms with van der Waals surface area (Å²) >= 11 is 1.56. The first-order valence-electron chi connectivity index (χ1n) is 8.39. The third-order valence-corrected chi connectivity index (χ3v) is 5.18. The molecule has 1 aromatic rings. The predicted octanol–water partition coefficient (Wildman–Crippen LogP) is 1.93. The highest BCUT2D eigenvalue weighted by molar-refractivity contribution is 8.02. The first-order valence-corrected chi connectivity index (χ1v) is 9.44. The smallest absolute Gasteiger partial charge is 0.291 e. The fourth-order valence-electron chi connectivity index (χ4n) is 2.75. The predicted molar refractivity (Wildman–Crippen MR) is 99.7 cm³/mol. The maximum Gasteiger partial charge on any atom is 0.291 e. The second kappa shape index (κ2) is 7.93. The van der Waals surface area contributed by atoms with Gasteiger partial charge in [0, 0.05) is 48.6 Å². The van der Waals surface area contributed by atoms with E-state index in [4.69, 9.17) is 4.74 Å². The lowest BCUT2D eigenvalue weighted by Crippen LogP contribution is -2.47. The summed E-state index contributed by atoms with van der Waals surface area (Å²) in [5.41, 5.74) is 2.15. The van der Waals surface area contributed by atoms with Crippen LogP contribution in [0.2, 0.25) is 0 Å². The van der Waals surface area contributed by atoms with Gasteiger partial charge >= 0.3 is 0 Å². The van der Waals surface area contributed by atoms with Gasteiger partial charge in [0.25, 0.3) is 11.8 Å². The van der Waals surface area contributed by atoms with Crippen LogP contribution in [0.3, 0.4) is 0 Å². The van der Waals surface area contributed by atoms with E-state index >= 15 is 0 Å². The highest BCUT2D eigenvalue weighted by Crippen LogP contribution is 2.21. The Morgan fingerprint density at radius 1 is 1.20 bits per heavy atom.